The van der Waals surface area contributed by atoms with Crippen LogP contribution in [0.1, 0.15) is 36.7 Å². The number of aromatic amines is 1. The molecule has 4 aromatic carbocycles. The molecule has 0 unspecified atom stereocenters. The van der Waals surface area contributed by atoms with Gasteiger partial charge in [-0.1, -0.05) is 67.9 Å². The van der Waals surface area contributed by atoms with Crippen LogP contribution >= 0.6 is 0 Å². The molecule has 0 amide bonds. The molecule has 0 aliphatic rings. The van der Waals surface area contributed by atoms with E-state index in [0.29, 0.717) is 35.4 Å². The Hall–Kier alpha value is -5.71. The molecular formula is C33H29N7O4. The number of nitrogens with one attached hydrogen (secondary N) is 1. The van der Waals surface area contributed by atoms with Gasteiger partial charge in [0.15, 0.2) is 0 Å². The van der Waals surface area contributed by atoms with E-state index in [1.54, 1.807) is 16.7 Å². The summed E-state index contributed by atoms with van der Waals surface area (Å²) in [5.41, 5.74) is 5.17. The lowest BCUT2D eigenvalue weighted by Crippen LogP contribution is -2.26. The minimum atomic E-state index is -0.453. The van der Waals surface area contributed by atoms with E-state index < -0.39 is 4.92 Å². The van der Waals surface area contributed by atoms with Crippen molar-refractivity contribution in [2.45, 2.75) is 39.3 Å². The van der Waals surface area contributed by atoms with E-state index in [4.69, 9.17) is 9.72 Å². The molecule has 220 valence electrons. The van der Waals surface area contributed by atoms with Gasteiger partial charge in [-0.2, -0.15) is 5.21 Å². The van der Waals surface area contributed by atoms with Crippen LogP contribution in [-0.2, 0) is 19.6 Å². The van der Waals surface area contributed by atoms with Crippen molar-refractivity contribution in [2.24, 2.45) is 0 Å². The summed E-state index contributed by atoms with van der Waals surface area (Å²) in [6, 6.07) is 27.5. The Kier molecular flexibility index (Phi) is 8.17. The van der Waals surface area contributed by atoms with Gasteiger partial charge in [0.05, 0.1) is 22.4 Å². The number of nitro groups is 1. The number of aryl methyl sites for hydroxylation is 1. The zero-order chi connectivity index (χ0) is 30.5. The van der Waals surface area contributed by atoms with Crippen molar-refractivity contribution >= 4 is 16.6 Å². The predicted octanol–water partition coefficient (Wildman–Crippen LogP) is 6.12. The number of H-pyrrole nitrogens is 1. The highest BCUT2D eigenvalue weighted by Gasteiger charge is 2.14. The number of benzene rings is 4. The Morgan fingerprint density at radius 2 is 1.68 bits per heavy atom. The van der Waals surface area contributed by atoms with Crippen LogP contribution in [0.25, 0.3) is 33.4 Å². The molecule has 0 atom stereocenters. The third-order valence-corrected chi connectivity index (χ3v) is 7.42. The van der Waals surface area contributed by atoms with E-state index in [2.05, 4.69) is 27.5 Å². The second kappa shape index (κ2) is 12.7. The molecule has 0 fully saturated rings. The second-order valence-corrected chi connectivity index (χ2v) is 10.4. The highest BCUT2D eigenvalue weighted by molar-refractivity contribution is 5.80. The Bertz CT molecular complexity index is 1970. The molecule has 0 aliphatic heterocycles. The number of tetrazole rings is 1. The first kappa shape index (κ1) is 28.4. The monoisotopic (exact) mass is 587 g/mol. The number of unbranched alkanes of at least 4 members (excludes halogenated alkanes) is 1. The summed E-state index contributed by atoms with van der Waals surface area (Å²) in [4.78, 5) is 29.3. The Balaban J connectivity index is 1.28. The molecule has 0 saturated heterocycles. The number of non-ortho nitro benzene ring substituents is 1. The average molecular weight is 588 g/mol. The zero-order valence-electron chi connectivity index (χ0n) is 24.0. The first-order valence-corrected chi connectivity index (χ1v) is 14.3. The largest absolute Gasteiger partial charge is 0.489 e. The summed E-state index contributed by atoms with van der Waals surface area (Å²) in [6.45, 7) is 2.71. The lowest BCUT2D eigenvalue weighted by Gasteiger charge is -2.15. The molecule has 6 rings (SSSR count). The summed E-state index contributed by atoms with van der Waals surface area (Å²) < 4.78 is 7.60. The lowest BCUT2D eigenvalue weighted by molar-refractivity contribution is -0.384. The van der Waals surface area contributed by atoms with Gasteiger partial charge >= 0.3 is 0 Å². The van der Waals surface area contributed by atoms with Gasteiger partial charge in [-0.15, -0.1) is 10.2 Å². The number of aromatic nitrogens is 6. The van der Waals surface area contributed by atoms with Crippen LogP contribution < -0.4 is 10.3 Å². The number of nitro benzene ring substituents is 1. The Morgan fingerprint density at radius 3 is 2.39 bits per heavy atom. The molecule has 0 radical (unpaired) electrons. The minimum absolute atomic E-state index is 0.00290. The van der Waals surface area contributed by atoms with Crippen LogP contribution in [0.5, 0.6) is 5.75 Å². The number of nitrogens with zero attached hydrogens (tertiary/aromatic N) is 6. The maximum absolute atomic E-state index is 13.9. The third kappa shape index (κ3) is 6.07. The van der Waals surface area contributed by atoms with E-state index in [0.717, 1.165) is 46.5 Å². The van der Waals surface area contributed by atoms with Gasteiger partial charge < -0.3 is 4.74 Å². The molecule has 11 heteroatoms. The third-order valence-electron chi connectivity index (χ3n) is 7.42. The van der Waals surface area contributed by atoms with E-state index in [-0.39, 0.29) is 17.9 Å². The average Bonchev–Trinajstić information content (AvgIpc) is 3.60. The SMILES string of the molecule is CCCCc1nc2ccc(COc3ccc([N+](=O)[O-])cc3)cc2c(=O)n1Cc1ccc(-c2ccccc2-c2nn[nH]n2)cc1. The summed E-state index contributed by atoms with van der Waals surface area (Å²) in [6.07, 6.45) is 2.61. The number of rotatable bonds is 11. The van der Waals surface area contributed by atoms with Gasteiger partial charge in [0, 0.05) is 24.1 Å². The first-order chi connectivity index (χ1) is 21.5. The minimum Gasteiger partial charge on any atom is -0.489 e. The molecule has 11 nitrogen and oxygen atoms in total. The maximum Gasteiger partial charge on any atom is 0.269 e. The van der Waals surface area contributed by atoms with Crippen LogP contribution in [0, 0.1) is 10.1 Å². The molecule has 1 N–H and O–H groups in total. The Morgan fingerprint density at radius 1 is 0.932 bits per heavy atom. The highest BCUT2D eigenvalue weighted by atomic mass is 16.6. The van der Waals surface area contributed by atoms with Crippen molar-refractivity contribution in [2.75, 3.05) is 0 Å². The van der Waals surface area contributed by atoms with Crippen molar-refractivity contribution in [3.05, 3.63) is 128 Å². The van der Waals surface area contributed by atoms with Gasteiger partial charge in [-0.3, -0.25) is 19.5 Å². The zero-order valence-corrected chi connectivity index (χ0v) is 24.0. The summed E-state index contributed by atoms with van der Waals surface area (Å²) in [7, 11) is 0. The van der Waals surface area contributed by atoms with Crippen molar-refractivity contribution in [1.82, 2.24) is 30.2 Å². The van der Waals surface area contributed by atoms with E-state index in [1.807, 2.05) is 66.7 Å². The second-order valence-electron chi connectivity index (χ2n) is 10.4. The fraction of sp³-hybridized carbons (Fsp3) is 0.182. The molecule has 2 aromatic heterocycles. The van der Waals surface area contributed by atoms with Crippen molar-refractivity contribution in [1.29, 1.82) is 0 Å². The topological polar surface area (TPSA) is 142 Å². The van der Waals surface area contributed by atoms with Crippen LogP contribution in [0.2, 0.25) is 0 Å². The molecule has 6 aromatic rings. The number of fused-ring (bicyclic) bond motifs is 1. The summed E-state index contributed by atoms with van der Waals surface area (Å²) >= 11 is 0. The van der Waals surface area contributed by atoms with Gasteiger partial charge in [0.1, 0.15) is 18.2 Å². The van der Waals surface area contributed by atoms with Gasteiger partial charge in [0.2, 0.25) is 5.82 Å². The lowest BCUT2D eigenvalue weighted by atomic mass is 9.98. The Labute approximate surface area is 252 Å². The molecule has 0 bridgehead atoms. The van der Waals surface area contributed by atoms with E-state index in [1.165, 1.54) is 12.1 Å². The molecule has 0 aliphatic carbocycles. The number of ether oxygens (including phenoxy) is 1. The molecule has 44 heavy (non-hydrogen) atoms. The summed E-state index contributed by atoms with van der Waals surface area (Å²) in [5, 5.41) is 25.9. The standard InChI is InChI=1S/C33H29N7O4/c1-2-3-8-31-34-30-18-11-23(21-44-26-16-14-25(15-17-26)40(42)43)19-29(30)33(41)39(31)20-22-9-12-24(13-10-22)27-6-4-5-7-28(27)32-35-37-38-36-32/h4-7,9-19H,2-3,8,20-21H2,1H3,(H,35,36,37,38). The van der Waals surface area contributed by atoms with Gasteiger partial charge in [-0.05, 0) is 58.2 Å². The summed E-state index contributed by atoms with van der Waals surface area (Å²) in [5.74, 6) is 1.78. The number of hydrogen-bond acceptors (Lipinski definition) is 8. The van der Waals surface area contributed by atoms with E-state index in [9.17, 15) is 14.9 Å². The van der Waals surface area contributed by atoms with Crippen molar-refractivity contribution < 1.29 is 9.66 Å². The van der Waals surface area contributed by atoms with Crippen LogP contribution in [-0.4, -0.2) is 35.1 Å². The van der Waals surface area contributed by atoms with Gasteiger partial charge in [0.25, 0.3) is 11.2 Å². The van der Waals surface area contributed by atoms with Crippen LogP contribution in [0.4, 0.5) is 5.69 Å². The normalized spacial score (nSPS) is 11.1. The highest BCUT2D eigenvalue weighted by Crippen LogP contribution is 2.30. The fourth-order valence-corrected chi connectivity index (χ4v) is 5.10. The molecule has 2 heterocycles. The van der Waals surface area contributed by atoms with Crippen LogP contribution in [0.15, 0.2) is 95.8 Å². The quantitative estimate of drug-likeness (QED) is 0.141. The number of hydrogen-bond donors (Lipinski definition) is 1. The molecule has 0 spiro atoms. The van der Waals surface area contributed by atoms with Crippen LogP contribution in [0.3, 0.4) is 0 Å². The predicted molar refractivity (Wildman–Crippen MR) is 166 cm³/mol. The van der Waals surface area contributed by atoms with Gasteiger partial charge in [-0.25, -0.2) is 4.98 Å². The first-order valence-electron chi connectivity index (χ1n) is 14.3. The fourth-order valence-electron chi connectivity index (χ4n) is 5.10. The van der Waals surface area contributed by atoms with Crippen molar-refractivity contribution in [3.8, 4) is 28.3 Å². The smallest absolute Gasteiger partial charge is 0.269 e. The van der Waals surface area contributed by atoms with Crippen molar-refractivity contribution in [3.63, 3.8) is 0 Å². The molecule has 0 saturated carbocycles. The van der Waals surface area contributed by atoms with E-state index >= 15 is 0 Å². The molecular weight excluding hydrogens is 558 g/mol. The maximum atomic E-state index is 13.9.